The van der Waals surface area contributed by atoms with Crippen molar-refractivity contribution in [1.29, 1.82) is 0 Å². The van der Waals surface area contributed by atoms with Crippen LogP contribution in [0.3, 0.4) is 0 Å². The highest BCUT2D eigenvalue weighted by atomic mass is 16.2. The molecule has 1 heterocycles. The van der Waals surface area contributed by atoms with Crippen molar-refractivity contribution in [2.75, 3.05) is 6.54 Å². The number of benzene rings is 2. The molecule has 2 aromatic carbocycles. The van der Waals surface area contributed by atoms with E-state index in [1.165, 1.54) is 4.57 Å². The summed E-state index contributed by atoms with van der Waals surface area (Å²) in [5, 5.41) is 3.38. The SMILES string of the molecule is CCCNC(=O)CCCCn1c(=O)c2ccccc2n(Cc2cccc(C)c2)c1=O. The molecule has 0 spiro atoms. The summed E-state index contributed by atoms with van der Waals surface area (Å²) in [6, 6.07) is 15.2. The summed E-state index contributed by atoms with van der Waals surface area (Å²) in [6.07, 6.45) is 2.53. The van der Waals surface area contributed by atoms with Crippen LogP contribution in [0.1, 0.15) is 43.7 Å². The van der Waals surface area contributed by atoms with E-state index in [-0.39, 0.29) is 17.2 Å². The number of amides is 1. The van der Waals surface area contributed by atoms with Crippen LogP contribution in [-0.4, -0.2) is 21.6 Å². The van der Waals surface area contributed by atoms with Crippen molar-refractivity contribution in [3.05, 3.63) is 80.5 Å². The minimum atomic E-state index is -0.310. The zero-order valence-electron chi connectivity index (χ0n) is 17.7. The van der Waals surface area contributed by atoms with E-state index in [0.717, 1.165) is 17.5 Å². The fraction of sp³-hybridized carbons (Fsp3) is 0.375. The second-order valence-electron chi connectivity index (χ2n) is 7.64. The molecule has 3 rings (SSSR count). The Kier molecular flexibility index (Phi) is 7.22. The molecule has 0 aliphatic carbocycles. The molecule has 0 saturated carbocycles. The molecule has 1 N–H and O–H groups in total. The van der Waals surface area contributed by atoms with Crippen LogP contribution in [0.15, 0.2) is 58.1 Å². The molecule has 1 amide bonds. The van der Waals surface area contributed by atoms with E-state index in [4.69, 9.17) is 0 Å². The van der Waals surface area contributed by atoms with Gasteiger partial charge < -0.3 is 5.32 Å². The quantitative estimate of drug-likeness (QED) is 0.554. The molecule has 0 radical (unpaired) electrons. The predicted molar refractivity (Wildman–Crippen MR) is 120 cm³/mol. The van der Waals surface area contributed by atoms with E-state index in [2.05, 4.69) is 5.32 Å². The van der Waals surface area contributed by atoms with Crippen molar-refractivity contribution < 1.29 is 4.79 Å². The smallest absolute Gasteiger partial charge is 0.331 e. The molecule has 6 nitrogen and oxygen atoms in total. The van der Waals surface area contributed by atoms with Crippen LogP contribution in [0, 0.1) is 6.92 Å². The highest BCUT2D eigenvalue weighted by Gasteiger charge is 2.13. The van der Waals surface area contributed by atoms with Gasteiger partial charge in [-0.2, -0.15) is 0 Å². The van der Waals surface area contributed by atoms with Crippen molar-refractivity contribution in [2.24, 2.45) is 0 Å². The first-order valence-electron chi connectivity index (χ1n) is 10.6. The van der Waals surface area contributed by atoms with Gasteiger partial charge in [0.2, 0.25) is 5.91 Å². The van der Waals surface area contributed by atoms with Crippen molar-refractivity contribution in [3.8, 4) is 0 Å². The van der Waals surface area contributed by atoms with Gasteiger partial charge in [0.1, 0.15) is 0 Å². The Balaban J connectivity index is 1.87. The molecule has 0 aliphatic rings. The van der Waals surface area contributed by atoms with E-state index >= 15 is 0 Å². The summed E-state index contributed by atoms with van der Waals surface area (Å²) in [4.78, 5) is 37.9. The topological polar surface area (TPSA) is 73.1 Å². The van der Waals surface area contributed by atoms with E-state index in [0.29, 0.717) is 49.8 Å². The minimum Gasteiger partial charge on any atom is -0.356 e. The number of aryl methyl sites for hydroxylation is 1. The molecular formula is C24H29N3O3. The Morgan fingerprint density at radius 3 is 2.57 bits per heavy atom. The summed E-state index contributed by atoms with van der Waals surface area (Å²) in [5.41, 5.74) is 2.20. The zero-order valence-corrected chi connectivity index (χ0v) is 17.7. The fourth-order valence-corrected chi connectivity index (χ4v) is 3.62. The Hall–Kier alpha value is -3.15. The first-order valence-corrected chi connectivity index (χ1v) is 10.6. The van der Waals surface area contributed by atoms with Gasteiger partial charge in [-0.25, -0.2) is 4.79 Å². The monoisotopic (exact) mass is 407 g/mol. The lowest BCUT2D eigenvalue weighted by Gasteiger charge is -2.14. The highest BCUT2D eigenvalue weighted by molar-refractivity contribution is 5.78. The van der Waals surface area contributed by atoms with Gasteiger partial charge in [-0.3, -0.25) is 18.7 Å². The van der Waals surface area contributed by atoms with Crippen LogP contribution in [0.4, 0.5) is 0 Å². The number of para-hydroxylation sites is 1. The third kappa shape index (κ3) is 5.06. The molecule has 0 saturated heterocycles. The van der Waals surface area contributed by atoms with Gasteiger partial charge >= 0.3 is 5.69 Å². The molecule has 0 unspecified atom stereocenters. The largest absolute Gasteiger partial charge is 0.356 e. The third-order valence-corrected chi connectivity index (χ3v) is 5.16. The van der Waals surface area contributed by atoms with Gasteiger partial charge in [0.25, 0.3) is 5.56 Å². The number of nitrogens with zero attached hydrogens (tertiary/aromatic N) is 2. The number of hydrogen-bond acceptors (Lipinski definition) is 3. The lowest BCUT2D eigenvalue weighted by Crippen LogP contribution is -2.40. The first-order chi connectivity index (χ1) is 14.5. The second-order valence-corrected chi connectivity index (χ2v) is 7.64. The van der Waals surface area contributed by atoms with Crippen molar-refractivity contribution in [3.63, 3.8) is 0 Å². The summed E-state index contributed by atoms with van der Waals surface area (Å²) < 4.78 is 2.97. The fourth-order valence-electron chi connectivity index (χ4n) is 3.62. The lowest BCUT2D eigenvalue weighted by atomic mass is 10.1. The highest BCUT2D eigenvalue weighted by Crippen LogP contribution is 2.12. The van der Waals surface area contributed by atoms with Crippen molar-refractivity contribution in [2.45, 2.75) is 52.6 Å². The Labute approximate surface area is 176 Å². The number of unbranched alkanes of at least 4 members (excludes halogenated alkanes) is 1. The maximum Gasteiger partial charge on any atom is 0.331 e. The predicted octanol–water partition coefficient (Wildman–Crippen LogP) is 3.22. The van der Waals surface area contributed by atoms with Crippen LogP contribution < -0.4 is 16.6 Å². The summed E-state index contributed by atoms with van der Waals surface area (Å²) in [5.74, 6) is 0.0135. The number of hydrogen-bond donors (Lipinski definition) is 1. The van der Waals surface area contributed by atoms with E-state index < -0.39 is 0 Å². The molecule has 3 aromatic rings. The normalized spacial score (nSPS) is 11.0. The Bertz CT molecular complexity index is 1140. The molecule has 6 heteroatoms. The number of carbonyl (C=O) groups excluding carboxylic acids is 1. The van der Waals surface area contributed by atoms with E-state index in [9.17, 15) is 14.4 Å². The average molecular weight is 408 g/mol. The first kappa shape index (κ1) is 21.6. The molecule has 1 aromatic heterocycles. The van der Waals surface area contributed by atoms with Gasteiger partial charge in [0.05, 0.1) is 17.4 Å². The van der Waals surface area contributed by atoms with Crippen molar-refractivity contribution in [1.82, 2.24) is 14.5 Å². The summed E-state index contributed by atoms with van der Waals surface area (Å²) in [6.45, 7) is 5.40. The molecular weight excluding hydrogens is 378 g/mol. The summed E-state index contributed by atoms with van der Waals surface area (Å²) >= 11 is 0. The molecule has 158 valence electrons. The summed E-state index contributed by atoms with van der Waals surface area (Å²) in [7, 11) is 0. The van der Waals surface area contributed by atoms with Crippen LogP contribution >= 0.6 is 0 Å². The molecule has 0 bridgehead atoms. The standard InChI is InChI=1S/C24H29N3O3/c1-3-14-25-22(28)13-6-7-15-26-23(29)20-11-4-5-12-21(20)27(24(26)30)17-19-10-8-9-18(2)16-19/h4-5,8-12,16H,3,6-7,13-15,17H2,1-2H3,(H,25,28). The molecule has 30 heavy (non-hydrogen) atoms. The Morgan fingerprint density at radius 2 is 1.80 bits per heavy atom. The maximum absolute atomic E-state index is 13.2. The van der Waals surface area contributed by atoms with Gasteiger partial charge in [0, 0.05) is 19.5 Å². The number of fused-ring (bicyclic) bond motifs is 1. The number of aromatic nitrogens is 2. The van der Waals surface area contributed by atoms with Gasteiger partial charge in [-0.1, -0.05) is 48.9 Å². The van der Waals surface area contributed by atoms with Crippen molar-refractivity contribution >= 4 is 16.8 Å². The number of rotatable bonds is 9. The molecule has 0 aliphatic heterocycles. The molecule has 0 fully saturated rings. The van der Waals surface area contributed by atoms with Crippen LogP contribution in [-0.2, 0) is 17.9 Å². The van der Waals surface area contributed by atoms with E-state index in [1.807, 2.05) is 56.3 Å². The molecule has 0 atom stereocenters. The van der Waals surface area contributed by atoms with Gasteiger partial charge in [0.15, 0.2) is 0 Å². The zero-order chi connectivity index (χ0) is 21.5. The second kappa shape index (κ2) is 10.1. The van der Waals surface area contributed by atoms with Crippen LogP contribution in [0.5, 0.6) is 0 Å². The number of nitrogens with one attached hydrogen (secondary N) is 1. The van der Waals surface area contributed by atoms with E-state index in [1.54, 1.807) is 10.6 Å². The Morgan fingerprint density at radius 1 is 1.00 bits per heavy atom. The van der Waals surface area contributed by atoms with Crippen LogP contribution in [0.25, 0.3) is 10.9 Å². The van der Waals surface area contributed by atoms with Crippen LogP contribution in [0.2, 0.25) is 0 Å². The average Bonchev–Trinajstić information content (AvgIpc) is 2.74. The minimum absolute atomic E-state index is 0.0135. The maximum atomic E-state index is 13.2. The number of carbonyl (C=O) groups is 1. The lowest BCUT2D eigenvalue weighted by molar-refractivity contribution is -0.121. The third-order valence-electron chi connectivity index (χ3n) is 5.16. The van der Waals surface area contributed by atoms with Gasteiger partial charge in [-0.15, -0.1) is 0 Å². The van der Waals surface area contributed by atoms with Gasteiger partial charge in [-0.05, 0) is 43.9 Å².